The van der Waals surface area contributed by atoms with Gasteiger partial charge in [0.1, 0.15) is 17.3 Å². The van der Waals surface area contributed by atoms with Gasteiger partial charge in [0, 0.05) is 17.7 Å². The third-order valence-electron chi connectivity index (χ3n) is 4.44. The van der Waals surface area contributed by atoms with Crippen LogP contribution in [0.2, 0.25) is 0 Å². The zero-order chi connectivity index (χ0) is 22.4. The van der Waals surface area contributed by atoms with Crippen LogP contribution in [0, 0.1) is 10.1 Å². The number of carbonyl (C=O) groups is 1. The van der Waals surface area contributed by atoms with Gasteiger partial charge in [0.2, 0.25) is 0 Å². The topological polar surface area (TPSA) is 107 Å². The zero-order valence-electron chi connectivity index (χ0n) is 17.5. The van der Waals surface area contributed by atoms with Crippen LogP contribution in [0.5, 0.6) is 5.75 Å². The molecule has 0 fully saturated rings. The Labute approximate surface area is 179 Å². The zero-order valence-corrected chi connectivity index (χ0v) is 17.5. The summed E-state index contributed by atoms with van der Waals surface area (Å²) in [6.45, 7) is 6.20. The SMILES string of the molecule is CC(C)(C)c1ccc(OCC(=O)NN=Cc2ccc(-c3cccc([N+](=O)[O-])c3)o2)cc1. The summed E-state index contributed by atoms with van der Waals surface area (Å²) < 4.78 is 11.1. The Morgan fingerprint density at radius 1 is 1.16 bits per heavy atom. The Morgan fingerprint density at radius 2 is 1.90 bits per heavy atom. The maximum absolute atomic E-state index is 11.9. The Morgan fingerprint density at radius 3 is 2.58 bits per heavy atom. The fourth-order valence-corrected chi connectivity index (χ4v) is 2.75. The number of amides is 1. The predicted molar refractivity (Wildman–Crippen MR) is 117 cm³/mol. The van der Waals surface area contributed by atoms with Gasteiger partial charge in [0.15, 0.2) is 6.61 Å². The molecular weight excluding hydrogens is 398 g/mol. The van der Waals surface area contributed by atoms with Crippen LogP contribution in [0.15, 0.2) is 70.2 Å². The van der Waals surface area contributed by atoms with E-state index in [9.17, 15) is 14.9 Å². The molecule has 1 amide bonds. The molecule has 0 saturated carbocycles. The number of hydrogen-bond donors (Lipinski definition) is 1. The highest BCUT2D eigenvalue weighted by Crippen LogP contribution is 2.25. The Balaban J connectivity index is 1.51. The van der Waals surface area contributed by atoms with Gasteiger partial charge in [0.05, 0.1) is 11.1 Å². The van der Waals surface area contributed by atoms with E-state index in [4.69, 9.17) is 9.15 Å². The van der Waals surface area contributed by atoms with Gasteiger partial charge in [-0.15, -0.1) is 0 Å². The van der Waals surface area contributed by atoms with Crippen LogP contribution in [0.1, 0.15) is 32.1 Å². The molecule has 1 heterocycles. The molecule has 0 aliphatic heterocycles. The average Bonchev–Trinajstić information content (AvgIpc) is 3.21. The molecule has 31 heavy (non-hydrogen) atoms. The Hall–Kier alpha value is -3.94. The number of nitro benzene ring substituents is 1. The minimum Gasteiger partial charge on any atom is -0.484 e. The number of hydrogen-bond acceptors (Lipinski definition) is 6. The lowest BCUT2D eigenvalue weighted by Gasteiger charge is -2.19. The van der Waals surface area contributed by atoms with Crippen molar-refractivity contribution in [3.05, 3.63) is 82.1 Å². The number of rotatable bonds is 7. The lowest BCUT2D eigenvalue weighted by atomic mass is 9.87. The van der Waals surface area contributed by atoms with E-state index in [0.717, 1.165) is 0 Å². The second-order valence-electron chi connectivity index (χ2n) is 7.87. The summed E-state index contributed by atoms with van der Waals surface area (Å²) in [5, 5.41) is 14.7. The quantitative estimate of drug-likeness (QED) is 0.339. The van der Waals surface area contributed by atoms with Gasteiger partial charge >= 0.3 is 0 Å². The van der Waals surface area contributed by atoms with Gasteiger partial charge in [-0.2, -0.15) is 5.10 Å². The summed E-state index contributed by atoms with van der Waals surface area (Å²) in [6, 6.07) is 17.1. The molecule has 0 bridgehead atoms. The first-order valence-electron chi connectivity index (χ1n) is 9.62. The van der Waals surface area contributed by atoms with Crippen molar-refractivity contribution in [1.82, 2.24) is 5.43 Å². The number of nitro groups is 1. The molecule has 0 spiro atoms. The standard InChI is InChI=1S/C23H23N3O5/c1-23(2,3)17-7-9-19(10-8-17)30-15-22(27)25-24-14-20-11-12-21(31-20)16-5-4-6-18(13-16)26(28)29/h4-14H,15H2,1-3H3,(H,25,27). The van der Waals surface area contributed by atoms with Crippen molar-refractivity contribution in [2.75, 3.05) is 6.61 Å². The first-order valence-corrected chi connectivity index (χ1v) is 9.62. The molecule has 2 aromatic carbocycles. The van der Waals surface area contributed by atoms with E-state index in [1.54, 1.807) is 24.3 Å². The van der Waals surface area contributed by atoms with Gasteiger partial charge in [-0.25, -0.2) is 5.43 Å². The first-order chi connectivity index (χ1) is 14.7. The predicted octanol–water partition coefficient (Wildman–Crippen LogP) is 4.68. The fourth-order valence-electron chi connectivity index (χ4n) is 2.75. The molecule has 160 valence electrons. The van der Waals surface area contributed by atoms with E-state index >= 15 is 0 Å². The van der Waals surface area contributed by atoms with Gasteiger partial charge in [-0.1, -0.05) is 45.0 Å². The molecule has 8 heteroatoms. The molecule has 0 radical (unpaired) electrons. The highest BCUT2D eigenvalue weighted by Gasteiger charge is 2.13. The molecule has 8 nitrogen and oxygen atoms in total. The Kier molecular flexibility index (Phi) is 6.49. The molecule has 0 saturated heterocycles. The number of hydrazone groups is 1. The lowest BCUT2D eigenvalue weighted by Crippen LogP contribution is -2.24. The number of benzene rings is 2. The van der Waals surface area contributed by atoms with Crippen LogP contribution >= 0.6 is 0 Å². The van der Waals surface area contributed by atoms with Crippen molar-refractivity contribution < 1.29 is 18.9 Å². The van der Waals surface area contributed by atoms with Crippen LogP contribution in [0.3, 0.4) is 0 Å². The summed E-state index contributed by atoms with van der Waals surface area (Å²) in [5.41, 5.74) is 4.14. The third-order valence-corrected chi connectivity index (χ3v) is 4.44. The van der Waals surface area contributed by atoms with Gasteiger partial charge in [0.25, 0.3) is 11.6 Å². The van der Waals surface area contributed by atoms with Gasteiger partial charge in [-0.3, -0.25) is 14.9 Å². The van der Waals surface area contributed by atoms with E-state index in [0.29, 0.717) is 22.8 Å². The summed E-state index contributed by atoms with van der Waals surface area (Å²) >= 11 is 0. The minimum atomic E-state index is -0.467. The minimum absolute atomic E-state index is 0.0237. The molecule has 0 atom stereocenters. The van der Waals surface area contributed by atoms with E-state index < -0.39 is 10.8 Å². The fraction of sp³-hybridized carbons (Fsp3) is 0.217. The summed E-state index contributed by atoms with van der Waals surface area (Å²) in [7, 11) is 0. The average molecular weight is 421 g/mol. The summed E-state index contributed by atoms with van der Waals surface area (Å²) in [4.78, 5) is 22.3. The largest absolute Gasteiger partial charge is 0.484 e. The van der Waals surface area contributed by atoms with Crippen LogP contribution in [-0.2, 0) is 10.2 Å². The van der Waals surface area contributed by atoms with E-state index in [1.807, 2.05) is 24.3 Å². The van der Waals surface area contributed by atoms with Crippen LogP contribution in [0.4, 0.5) is 5.69 Å². The number of furan rings is 1. The summed E-state index contributed by atoms with van der Waals surface area (Å²) in [5.74, 6) is 1.03. The first kappa shape index (κ1) is 21.8. The molecule has 1 aromatic heterocycles. The van der Waals surface area contributed by atoms with E-state index in [1.165, 1.54) is 23.9 Å². The molecule has 0 unspecified atom stereocenters. The van der Waals surface area contributed by atoms with Crippen LogP contribution in [0.25, 0.3) is 11.3 Å². The van der Waals surface area contributed by atoms with Crippen LogP contribution in [-0.4, -0.2) is 23.7 Å². The smallest absolute Gasteiger partial charge is 0.277 e. The number of nitrogens with one attached hydrogen (secondary N) is 1. The molecule has 3 aromatic rings. The highest BCUT2D eigenvalue weighted by molar-refractivity contribution is 5.81. The Bertz CT molecular complexity index is 1090. The third kappa shape index (κ3) is 6.02. The van der Waals surface area contributed by atoms with Gasteiger partial charge < -0.3 is 9.15 Å². The van der Waals surface area contributed by atoms with Crippen molar-refractivity contribution >= 4 is 17.8 Å². The van der Waals surface area contributed by atoms with E-state index in [2.05, 4.69) is 31.3 Å². The maximum atomic E-state index is 11.9. The number of non-ortho nitro benzene ring substituents is 1. The second kappa shape index (κ2) is 9.25. The molecule has 3 rings (SSSR count). The van der Waals surface area contributed by atoms with Gasteiger partial charge in [-0.05, 0) is 35.2 Å². The highest BCUT2D eigenvalue weighted by atomic mass is 16.6. The molecule has 0 aliphatic carbocycles. The van der Waals surface area contributed by atoms with Crippen molar-refractivity contribution in [2.45, 2.75) is 26.2 Å². The number of carbonyl (C=O) groups excluding carboxylic acids is 1. The number of ether oxygens (including phenoxy) is 1. The van der Waals surface area contributed by atoms with Crippen molar-refractivity contribution in [2.24, 2.45) is 5.10 Å². The molecule has 1 N–H and O–H groups in total. The second-order valence-corrected chi connectivity index (χ2v) is 7.87. The summed E-state index contributed by atoms with van der Waals surface area (Å²) in [6.07, 6.45) is 1.34. The van der Waals surface area contributed by atoms with Crippen molar-refractivity contribution in [3.63, 3.8) is 0 Å². The monoisotopic (exact) mass is 421 g/mol. The normalized spacial score (nSPS) is 11.5. The molecule has 0 aliphatic rings. The van der Waals surface area contributed by atoms with Crippen LogP contribution < -0.4 is 10.2 Å². The molecular formula is C23H23N3O5. The lowest BCUT2D eigenvalue weighted by molar-refractivity contribution is -0.384. The number of nitrogens with zero attached hydrogens (tertiary/aromatic N) is 2. The van der Waals surface area contributed by atoms with Crippen molar-refractivity contribution in [3.8, 4) is 17.1 Å². The van der Waals surface area contributed by atoms with Crippen molar-refractivity contribution in [1.29, 1.82) is 0 Å². The van der Waals surface area contributed by atoms with E-state index in [-0.39, 0.29) is 17.7 Å². The maximum Gasteiger partial charge on any atom is 0.277 e.